The van der Waals surface area contributed by atoms with E-state index in [-0.39, 0.29) is 17.2 Å². The summed E-state index contributed by atoms with van der Waals surface area (Å²) in [7, 11) is 0. The minimum atomic E-state index is -0.954. The molecule has 0 bridgehead atoms. The maximum absolute atomic E-state index is 12.8. The number of rotatable bonds is 3. The molecular formula is C19H19NO5S. The van der Waals surface area contributed by atoms with Crippen LogP contribution >= 0.6 is 11.8 Å². The summed E-state index contributed by atoms with van der Waals surface area (Å²) in [6.45, 7) is 5.26. The third-order valence-electron chi connectivity index (χ3n) is 4.16. The molecule has 0 fully saturated rings. The summed E-state index contributed by atoms with van der Waals surface area (Å²) in [5.74, 6) is 0.00768. The minimum absolute atomic E-state index is 0.179. The third kappa shape index (κ3) is 3.53. The number of hydrogen-bond acceptors (Lipinski definition) is 6. The molecule has 136 valence electrons. The summed E-state index contributed by atoms with van der Waals surface area (Å²) in [6.07, 6.45) is -0.954. The highest BCUT2D eigenvalue weighted by Crippen LogP contribution is 2.34. The number of thioether (sulfide) groups is 1. The zero-order valence-electron chi connectivity index (χ0n) is 14.8. The second-order valence-corrected chi connectivity index (χ2v) is 7.17. The molecule has 1 aromatic carbocycles. The van der Waals surface area contributed by atoms with E-state index in [0.717, 1.165) is 16.3 Å². The van der Waals surface area contributed by atoms with E-state index in [2.05, 4.69) is 0 Å². The molecular weight excluding hydrogens is 354 g/mol. The monoisotopic (exact) mass is 373 g/mol. The van der Waals surface area contributed by atoms with Gasteiger partial charge in [0.1, 0.15) is 11.3 Å². The van der Waals surface area contributed by atoms with Crippen molar-refractivity contribution in [2.24, 2.45) is 0 Å². The number of carbonyl (C=O) groups excluding carboxylic acids is 2. The number of anilines is 1. The van der Waals surface area contributed by atoms with E-state index in [9.17, 15) is 14.4 Å². The van der Waals surface area contributed by atoms with Crippen LogP contribution < -0.4 is 10.5 Å². The molecule has 0 N–H and O–H groups in total. The molecule has 2 heterocycles. The summed E-state index contributed by atoms with van der Waals surface area (Å²) in [5, 5.41) is 0. The average molecular weight is 373 g/mol. The highest BCUT2D eigenvalue weighted by molar-refractivity contribution is 7.99. The van der Waals surface area contributed by atoms with Crippen LogP contribution in [0.3, 0.4) is 0 Å². The van der Waals surface area contributed by atoms with Crippen LogP contribution in [-0.4, -0.2) is 30.3 Å². The molecule has 0 unspecified atom stereocenters. The Morgan fingerprint density at radius 3 is 2.73 bits per heavy atom. The zero-order chi connectivity index (χ0) is 18.8. The fraction of sp³-hybridized carbons (Fsp3) is 0.316. The van der Waals surface area contributed by atoms with Crippen LogP contribution in [0.5, 0.6) is 0 Å². The fourth-order valence-electron chi connectivity index (χ4n) is 2.95. The first-order valence-corrected chi connectivity index (χ1v) is 9.22. The Kier molecular flexibility index (Phi) is 5.18. The Hall–Kier alpha value is -2.54. The van der Waals surface area contributed by atoms with Gasteiger partial charge in [-0.2, -0.15) is 0 Å². The predicted octanol–water partition coefficient (Wildman–Crippen LogP) is 2.94. The van der Waals surface area contributed by atoms with Gasteiger partial charge in [0.05, 0.1) is 5.69 Å². The van der Waals surface area contributed by atoms with Crippen molar-refractivity contribution in [2.75, 3.05) is 17.2 Å². The number of esters is 1. The van der Waals surface area contributed by atoms with Crippen LogP contribution in [0.25, 0.3) is 0 Å². The molecule has 3 rings (SSSR count). The summed E-state index contributed by atoms with van der Waals surface area (Å²) < 4.78 is 10.3. The van der Waals surface area contributed by atoms with Gasteiger partial charge in [-0.25, -0.2) is 9.59 Å². The van der Waals surface area contributed by atoms with Crippen molar-refractivity contribution in [1.82, 2.24) is 0 Å². The van der Waals surface area contributed by atoms with Crippen molar-refractivity contribution in [3.63, 3.8) is 0 Å². The fourth-order valence-corrected chi connectivity index (χ4v) is 3.95. The van der Waals surface area contributed by atoms with Crippen LogP contribution in [0.1, 0.15) is 28.6 Å². The van der Waals surface area contributed by atoms with Crippen molar-refractivity contribution in [1.29, 1.82) is 0 Å². The third-order valence-corrected chi connectivity index (χ3v) is 5.21. The Labute approximate surface area is 155 Å². The van der Waals surface area contributed by atoms with Crippen LogP contribution in [0, 0.1) is 13.8 Å². The topological polar surface area (TPSA) is 76.8 Å². The number of ether oxygens (including phenoxy) is 1. The number of para-hydroxylation sites is 1. The van der Waals surface area contributed by atoms with Crippen LogP contribution in [0.2, 0.25) is 0 Å². The second kappa shape index (κ2) is 7.37. The molecule has 1 atom stereocenters. The number of hydrogen-bond donors (Lipinski definition) is 0. The minimum Gasteiger partial charge on any atom is -0.449 e. The van der Waals surface area contributed by atoms with Crippen molar-refractivity contribution in [2.45, 2.75) is 31.8 Å². The number of nitrogens with zero attached hydrogens (tertiary/aromatic N) is 1. The first-order valence-electron chi connectivity index (χ1n) is 8.24. The first kappa shape index (κ1) is 18.3. The Morgan fingerprint density at radius 1 is 1.27 bits per heavy atom. The normalized spacial score (nSPS) is 14.5. The molecule has 0 radical (unpaired) electrons. The van der Waals surface area contributed by atoms with Gasteiger partial charge in [0, 0.05) is 23.3 Å². The van der Waals surface area contributed by atoms with Gasteiger partial charge in [-0.05, 0) is 38.5 Å². The van der Waals surface area contributed by atoms with Crippen LogP contribution in [0.15, 0.2) is 44.4 Å². The maximum atomic E-state index is 12.8. The first-order chi connectivity index (χ1) is 12.4. The van der Waals surface area contributed by atoms with Gasteiger partial charge in [0.15, 0.2) is 6.10 Å². The lowest BCUT2D eigenvalue weighted by Gasteiger charge is -2.30. The standard InChI is InChI=1S/C19H19NO5S/c1-11-10-16(21)24-12(2)17(11)19(23)25-13(3)18(22)20-8-9-26-15-7-5-4-6-14(15)20/h4-7,10,13H,8-9H2,1-3H3/t13-/m0/s1. The molecule has 26 heavy (non-hydrogen) atoms. The van der Waals surface area contributed by atoms with E-state index >= 15 is 0 Å². The number of aryl methyl sites for hydroxylation is 2. The molecule has 2 aromatic rings. The van der Waals surface area contributed by atoms with Crippen molar-refractivity contribution >= 4 is 29.3 Å². The summed E-state index contributed by atoms with van der Waals surface area (Å²) >= 11 is 1.69. The number of amides is 1. The molecule has 7 heteroatoms. The van der Waals surface area contributed by atoms with Gasteiger partial charge in [-0.3, -0.25) is 4.79 Å². The SMILES string of the molecule is Cc1cc(=O)oc(C)c1C(=O)O[C@@H](C)C(=O)N1CCSc2ccccc21. The lowest BCUT2D eigenvalue weighted by molar-refractivity contribution is -0.126. The smallest absolute Gasteiger partial charge is 0.342 e. The molecule has 0 spiro atoms. The predicted molar refractivity (Wildman–Crippen MR) is 98.8 cm³/mol. The summed E-state index contributed by atoms with van der Waals surface area (Å²) in [4.78, 5) is 39.3. The molecule has 1 aliphatic rings. The van der Waals surface area contributed by atoms with Crippen LogP contribution in [0.4, 0.5) is 5.69 Å². The van der Waals surface area contributed by atoms with Crippen molar-refractivity contribution < 1.29 is 18.7 Å². The molecule has 1 aliphatic heterocycles. The molecule has 0 saturated heterocycles. The number of fused-ring (bicyclic) bond motifs is 1. The lowest BCUT2D eigenvalue weighted by Crippen LogP contribution is -2.43. The van der Waals surface area contributed by atoms with Crippen LogP contribution in [-0.2, 0) is 9.53 Å². The van der Waals surface area contributed by atoms with Gasteiger partial charge < -0.3 is 14.1 Å². The number of carbonyl (C=O) groups is 2. The van der Waals surface area contributed by atoms with Gasteiger partial charge >= 0.3 is 11.6 Å². The maximum Gasteiger partial charge on any atom is 0.342 e. The van der Waals surface area contributed by atoms with E-state index in [4.69, 9.17) is 9.15 Å². The van der Waals surface area contributed by atoms with Crippen molar-refractivity contribution in [3.05, 3.63) is 57.6 Å². The van der Waals surface area contributed by atoms with E-state index in [1.165, 1.54) is 13.0 Å². The average Bonchev–Trinajstić information content (AvgIpc) is 2.59. The molecule has 1 amide bonds. The molecule has 6 nitrogen and oxygen atoms in total. The molecule has 1 aromatic heterocycles. The quantitative estimate of drug-likeness (QED) is 0.770. The largest absolute Gasteiger partial charge is 0.449 e. The second-order valence-electron chi connectivity index (χ2n) is 6.03. The van der Waals surface area contributed by atoms with Gasteiger partial charge in [-0.1, -0.05) is 12.1 Å². The van der Waals surface area contributed by atoms with Gasteiger partial charge in [0.25, 0.3) is 5.91 Å². The molecule has 0 saturated carbocycles. The van der Waals surface area contributed by atoms with Gasteiger partial charge in [-0.15, -0.1) is 11.8 Å². The van der Waals surface area contributed by atoms with E-state index in [1.54, 1.807) is 30.5 Å². The van der Waals surface area contributed by atoms with E-state index in [0.29, 0.717) is 12.1 Å². The zero-order valence-corrected chi connectivity index (χ0v) is 15.6. The molecule has 0 aliphatic carbocycles. The van der Waals surface area contributed by atoms with Gasteiger partial charge in [0.2, 0.25) is 0 Å². The van der Waals surface area contributed by atoms with Crippen molar-refractivity contribution in [3.8, 4) is 0 Å². The highest BCUT2D eigenvalue weighted by atomic mass is 32.2. The Balaban J connectivity index is 1.79. The Bertz CT molecular complexity index is 894. The Morgan fingerprint density at radius 2 is 2.00 bits per heavy atom. The number of benzene rings is 1. The van der Waals surface area contributed by atoms with E-state index in [1.807, 2.05) is 24.3 Å². The lowest BCUT2D eigenvalue weighted by atomic mass is 10.1. The highest BCUT2D eigenvalue weighted by Gasteiger charge is 2.29. The van der Waals surface area contributed by atoms with E-state index < -0.39 is 17.7 Å². The summed E-state index contributed by atoms with van der Waals surface area (Å²) in [5.41, 5.74) is 0.944. The summed E-state index contributed by atoms with van der Waals surface area (Å²) in [6, 6.07) is 8.88.